The number of ketones is 1. The standard InChI is InChI=1S/C10H11FO3/c1-6(12)5-7-3-4-8(11)10(14-2)9(7)13/h3-4,13H,5H2,1-2H3. The summed E-state index contributed by atoms with van der Waals surface area (Å²) in [6.45, 7) is 1.40. The van der Waals surface area contributed by atoms with Gasteiger partial charge in [-0.05, 0) is 13.0 Å². The first-order valence-corrected chi connectivity index (χ1v) is 4.10. The molecular formula is C10H11FO3. The number of phenolic OH excluding ortho intramolecular Hbond substituents is 1. The van der Waals surface area contributed by atoms with Gasteiger partial charge >= 0.3 is 0 Å². The third-order valence-corrected chi connectivity index (χ3v) is 1.81. The van der Waals surface area contributed by atoms with Crippen LogP contribution in [0.3, 0.4) is 0 Å². The number of hydrogen-bond donors (Lipinski definition) is 1. The Kier molecular flexibility index (Phi) is 3.06. The lowest BCUT2D eigenvalue weighted by Crippen LogP contribution is -1.99. The first-order valence-electron chi connectivity index (χ1n) is 4.10. The third-order valence-electron chi connectivity index (χ3n) is 1.81. The summed E-state index contributed by atoms with van der Waals surface area (Å²) in [7, 11) is 1.26. The lowest BCUT2D eigenvalue weighted by Gasteiger charge is -2.08. The number of halogens is 1. The van der Waals surface area contributed by atoms with Crippen LogP contribution in [0.2, 0.25) is 0 Å². The summed E-state index contributed by atoms with van der Waals surface area (Å²) in [6, 6.07) is 2.53. The molecule has 0 amide bonds. The van der Waals surface area contributed by atoms with E-state index >= 15 is 0 Å². The van der Waals surface area contributed by atoms with Gasteiger partial charge in [-0.3, -0.25) is 4.79 Å². The molecule has 0 spiro atoms. The van der Waals surface area contributed by atoms with E-state index in [1.165, 1.54) is 20.1 Å². The van der Waals surface area contributed by atoms with E-state index in [2.05, 4.69) is 4.74 Å². The van der Waals surface area contributed by atoms with Gasteiger partial charge in [0.25, 0.3) is 0 Å². The fourth-order valence-corrected chi connectivity index (χ4v) is 1.19. The summed E-state index contributed by atoms with van der Waals surface area (Å²) in [6.07, 6.45) is 0.0719. The van der Waals surface area contributed by atoms with Crippen molar-refractivity contribution >= 4 is 5.78 Å². The topological polar surface area (TPSA) is 46.5 Å². The highest BCUT2D eigenvalue weighted by Gasteiger charge is 2.13. The minimum atomic E-state index is -0.641. The highest BCUT2D eigenvalue weighted by atomic mass is 19.1. The molecule has 3 nitrogen and oxygen atoms in total. The zero-order chi connectivity index (χ0) is 10.7. The molecule has 0 aliphatic carbocycles. The second-order valence-electron chi connectivity index (χ2n) is 2.97. The molecule has 4 heteroatoms. The van der Waals surface area contributed by atoms with Gasteiger partial charge in [0.2, 0.25) is 0 Å². The summed E-state index contributed by atoms with van der Waals surface area (Å²) in [5.74, 6) is -1.27. The number of rotatable bonds is 3. The molecule has 76 valence electrons. The fraction of sp³-hybridized carbons (Fsp3) is 0.300. The predicted octanol–water partition coefficient (Wildman–Crippen LogP) is 1.67. The molecule has 1 aromatic rings. The molecule has 1 N–H and O–H groups in total. The average Bonchev–Trinajstić information content (AvgIpc) is 2.10. The quantitative estimate of drug-likeness (QED) is 0.803. The van der Waals surface area contributed by atoms with Crippen LogP contribution in [0.5, 0.6) is 11.5 Å². The Morgan fingerprint density at radius 2 is 2.21 bits per heavy atom. The van der Waals surface area contributed by atoms with Gasteiger partial charge in [0, 0.05) is 12.0 Å². The number of methoxy groups -OCH3 is 1. The molecule has 0 heterocycles. The Balaban J connectivity index is 3.14. The van der Waals surface area contributed by atoms with Crippen LogP contribution in [-0.4, -0.2) is 18.0 Å². The molecule has 0 saturated heterocycles. The first-order chi connectivity index (χ1) is 6.56. The minimum absolute atomic E-state index is 0.0719. The number of hydrogen-bond acceptors (Lipinski definition) is 3. The minimum Gasteiger partial charge on any atom is -0.504 e. The van der Waals surface area contributed by atoms with Gasteiger partial charge in [-0.1, -0.05) is 6.07 Å². The van der Waals surface area contributed by atoms with Gasteiger partial charge in [-0.25, -0.2) is 4.39 Å². The molecule has 0 bridgehead atoms. The highest BCUT2D eigenvalue weighted by Crippen LogP contribution is 2.32. The number of carbonyl (C=O) groups is 1. The van der Waals surface area contributed by atoms with Crippen molar-refractivity contribution in [1.82, 2.24) is 0 Å². The SMILES string of the molecule is COc1c(F)ccc(CC(C)=O)c1O. The van der Waals surface area contributed by atoms with E-state index in [1.807, 2.05) is 0 Å². The Hall–Kier alpha value is -1.58. The van der Waals surface area contributed by atoms with Crippen LogP contribution in [0.1, 0.15) is 12.5 Å². The van der Waals surface area contributed by atoms with E-state index in [9.17, 15) is 14.3 Å². The van der Waals surface area contributed by atoms with Crippen molar-refractivity contribution in [2.75, 3.05) is 7.11 Å². The fourth-order valence-electron chi connectivity index (χ4n) is 1.19. The molecule has 0 aliphatic rings. The summed E-state index contributed by atoms with van der Waals surface area (Å²) >= 11 is 0. The van der Waals surface area contributed by atoms with Gasteiger partial charge < -0.3 is 9.84 Å². The molecule has 0 radical (unpaired) electrons. The zero-order valence-electron chi connectivity index (χ0n) is 8.00. The molecule has 0 atom stereocenters. The normalized spacial score (nSPS) is 9.93. The van der Waals surface area contributed by atoms with Crippen LogP contribution in [-0.2, 0) is 11.2 Å². The van der Waals surface area contributed by atoms with Crippen molar-refractivity contribution in [2.45, 2.75) is 13.3 Å². The maximum absolute atomic E-state index is 13.0. The van der Waals surface area contributed by atoms with E-state index < -0.39 is 5.82 Å². The Morgan fingerprint density at radius 1 is 1.57 bits per heavy atom. The van der Waals surface area contributed by atoms with Crippen molar-refractivity contribution in [1.29, 1.82) is 0 Å². The highest BCUT2D eigenvalue weighted by molar-refractivity contribution is 5.79. The van der Waals surface area contributed by atoms with E-state index in [0.717, 1.165) is 6.07 Å². The smallest absolute Gasteiger partial charge is 0.196 e. The summed E-state index contributed by atoms with van der Waals surface area (Å²) in [5.41, 5.74) is 0.371. The second-order valence-corrected chi connectivity index (χ2v) is 2.97. The van der Waals surface area contributed by atoms with E-state index in [0.29, 0.717) is 5.56 Å². The molecule has 0 aliphatic heterocycles. The molecule has 1 rings (SSSR count). The number of carbonyl (C=O) groups excluding carboxylic acids is 1. The van der Waals surface area contributed by atoms with E-state index in [1.54, 1.807) is 0 Å². The number of phenols is 1. The Bertz CT molecular complexity index is 361. The predicted molar refractivity (Wildman–Crippen MR) is 49.0 cm³/mol. The molecular weight excluding hydrogens is 187 g/mol. The lowest BCUT2D eigenvalue weighted by atomic mass is 10.1. The van der Waals surface area contributed by atoms with E-state index in [4.69, 9.17) is 0 Å². The summed E-state index contributed by atoms with van der Waals surface area (Å²) in [5, 5.41) is 9.50. The first kappa shape index (κ1) is 10.5. The number of ether oxygens (including phenoxy) is 1. The molecule has 0 unspecified atom stereocenters. The molecule has 1 aromatic carbocycles. The molecule has 0 aromatic heterocycles. The maximum atomic E-state index is 13.0. The number of benzene rings is 1. The molecule has 0 fully saturated rings. The van der Waals surface area contributed by atoms with Gasteiger partial charge in [-0.2, -0.15) is 0 Å². The van der Waals surface area contributed by atoms with Crippen LogP contribution >= 0.6 is 0 Å². The van der Waals surface area contributed by atoms with Crippen molar-refractivity contribution in [3.8, 4) is 11.5 Å². The second kappa shape index (κ2) is 4.09. The van der Waals surface area contributed by atoms with Gasteiger partial charge in [0.1, 0.15) is 5.78 Å². The van der Waals surface area contributed by atoms with Crippen molar-refractivity contribution in [3.05, 3.63) is 23.5 Å². The van der Waals surface area contributed by atoms with Crippen LogP contribution in [0.4, 0.5) is 4.39 Å². The van der Waals surface area contributed by atoms with Gasteiger partial charge in [0.15, 0.2) is 17.3 Å². The van der Waals surface area contributed by atoms with Crippen LogP contribution in [0, 0.1) is 5.82 Å². The Labute approximate surface area is 81.1 Å². The van der Waals surface area contributed by atoms with Crippen LogP contribution in [0.25, 0.3) is 0 Å². The zero-order valence-corrected chi connectivity index (χ0v) is 8.00. The largest absolute Gasteiger partial charge is 0.504 e. The number of aromatic hydroxyl groups is 1. The monoisotopic (exact) mass is 198 g/mol. The molecule has 0 saturated carbocycles. The number of Topliss-reactive ketones (excluding diaryl/α,β-unsaturated/α-hetero) is 1. The maximum Gasteiger partial charge on any atom is 0.196 e. The Morgan fingerprint density at radius 3 is 2.71 bits per heavy atom. The van der Waals surface area contributed by atoms with Crippen LogP contribution < -0.4 is 4.74 Å². The summed E-state index contributed by atoms with van der Waals surface area (Å²) < 4.78 is 17.7. The molecule has 14 heavy (non-hydrogen) atoms. The van der Waals surface area contributed by atoms with Crippen molar-refractivity contribution in [2.24, 2.45) is 0 Å². The van der Waals surface area contributed by atoms with Gasteiger partial charge in [0.05, 0.1) is 7.11 Å². The lowest BCUT2D eigenvalue weighted by molar-refractivity contribution is -0.116. The van der Waals surface area contributed by atoms with Crippen LogP contribution in [0.15, 0.2) is 12.1 Å². The third kappa shape index (κ3) is 2.02. The van der Waals surface area contributed by atoms with Gasteiger partial charge in [-0.15, -0.1) is 0 Å². The van der Waals surface area contributed by atoms with E-state index in [-0.39, 0.29) is 23.7 Å². The summed E-state index contributed by atoms with van der Waals surface area (Å²) in [4.78, 5) is 10.8. The average molecular weight is 198 g/mol. The van der Waals surface area contributed by atoms with Crippen molar-refractivity contribution < 1.29 is 19.0 Å². The van der Waals surface area contributed by atoms with Crippen molar-refractivity contribution in [3.63, 3.8) is 0 Å².